The van der Waals surface area contributed by atoms with Crippen LogP contribution in [-0.4, -0.2) is 60.7 Å². The van der Waals surface area contributed by atoms with E-state index in [1.54, 1.807) is 6.07 Å². The lowest BCUT2D eigenvalue weighted by Crippen LogP contribution is -2.49. The summed E-state index contributed by atoms with van der Waals surface area (Å²) < 4.78 is 84.1. The summed E-state index contributed by atoms with van der Waals surface area (Å²) in [6, 6.07) is 6.49. The number of anilines is 2. The van der Waals surface area contributed by atoms with Crippen LogP contribution >= 0.6 is 10.2 Å². The van der Waals surface area contributed by atoms with Crippen molar-refractivity contribution in [1.82, 2.24) is 9.88 Å². The molecule has 3 heterocycles. The van der Waals surface area contributed by atoms with Gasteiger partial charge in [-0.2, -0.15) is 5.26 Å². The third kappa shape index (κ3) is 6.48. The molecule has 0 saturated carbocycles. The first-order chi connectivity index (χ1) is 20.7. The molecule has 10 nitrogen and oxygen atoms in total. The Morgan fingerprint density at radius 3 is 2.41 bits per heavy atom. The Morgan fingerprint density at radius 2 is 1.80 bits per heavy atom. The number of likely N-dealkylation sites (tertiary alicyclic amines) is 1. The van der Waals surface area contributed by atoms with Gasteiger partial charge in [0, 0.05) is 48.9 Å². The molecule has 1 unspecified atom stereocenters. The molecular formula is C28H26F5N5O5S. The van der Waals surface area contributed by atoms with E-state index in [0.29, 0.717) is 30.2 Å². The van der Waals surface area contributed by atoms with Crippen LogP contribution in [0.2, 0.25) is 0 Å². The number of hydrogen-bond donors (Lipinski definition) is 1. The highest BCUT2D eigenvalue weighted by molar-refractivity contribution is 8.45. The molecule has 44 heavy (non-hydrogen) atoms. The van der Waals surface area contributed by atoms with Gasteiger partial charge in [-0.1, -0.05) is 25.5 Å². The second-order valence-corrected chi connectivity index (χ2v) is 12.5. The summed E-state index contributed by atoms with van der Waals surface area (Å²) in [5.41, 5.74) is 0.0961. The Morgan fingerprint density at radius 1 is 1.09 bits per heavy atom. The van der Waals surface area contributed by atoms with Crippen molar-refractivity contribution in [2.45, 2.75) is 29.5 Å². The summed E-state index contributed by atoms with van der Waals surface area (Å²) in [7, 11) is -8.66. The van der Waals surface area contributed by atoms with Gasteiger partial charge < -0.3 is 19.5 Å². The molecule has 5 rings (SSSR count). The topological polar surface area (TPSA) is 117 Å². The van der Waals surface area contributed by atoms with Crippen LogP contribution in [0.1, 0.15) is 18.0 Å². The van der Waals surface area contributed by atoms with Gasteiger partial charge in [-0.25, -0.2) is 0 Å². The Hall–Kier alpha value is -4.62. The first-order valence-corrected chi connectivity index (χ1v) is 15.1. The number of methoxy groups -OCH3 is 1. The van der Waals surface area contributed by atoms with Gasteiger partial charge in [0.2, 0.25) is 0 Å². The SMILES string of the molecule is CO[C@@H]1C[C@H](C(=O)N(c2ccc(S(F)(F)(F)(F)F)cc2)C(C(=O)Nc2ccc3c(c2)OCCO3)c2cccnc2)N(C#N)C1. The maximum absolute atomic E-state index is 14.2. The number of nitrogens with zero attached hydrogens (tertiary/aromatic N) is 4. The molecule has 0 spiro atoms. The Bertz CT molecular complexity index is 1610. The number of carbonyl (C=O) groups is 2. The second-order valence-electron chi connectivity index (χ2n) is 10.1. The van der Waals surface area contributed by atoms with Crippen molar-refractivity contribution in [3.8, 4) is 17.7 Å². The molecule has 16 heteroatoms. The lowest BCUT2D eigenvalue weighted by atomic mass is 10.0. The summed E-state index contributed by atoms with van der Waals surface area (Å²) >= 11 is 0. The van der Waals surface area contributed by atoms with Crippen LogP contribution in [0.5, 0.6) is 11.5 Å². The number of pyridine rings is 1. The molecule has 2 aliphatic heterocycles. The van der Waals surface area contributed by atoms with E-state index < -0.39 is 45.1 Å². The number of ether oxygens (including phenoxy) is 3. The molecule has 1 N–H and O–H groups in total. The third-order valence-electron chi connectivity index (χ3n) is 7.12. The van der Waals surface area contributed by atoms with Crippen LogP contribution in [0.25, 0.3) is 0 Å². The van der Waals surface area contributed by atoms with E-state index in [-0.39, 0.29) is 48.6 Å². The quantitative estimate of drug-likeness (QED) is 0.243. The molecule has 3 aromatic rings. The number of amides is 2. The summed E-state index contributed by atoms with van der Waals surface area (Å²) in [5, 5.41) is 12.4. The number of rotatable bonds is 8. The van der Waals surface area contributed by atoms with Crippen molar-refractivity contribution >= 4 is 33.4 Å². The van der Waals surface area contributed by atoms with Crippen molar-refractivity contribution in [2.24, 2.45) is 0 Å². The fraction of sp³-hybridized carbons (Fsp3) is 0.286. The Kier molecular flexibility index (Phi) is 7.58. The minimum atomic E-state index is -10.1. The van der Waals surface area contributed by atoms with Gasteiger partial charge in [0.05, 0.1) is 12.6 Å². The molecular weight excluding hydrogens is 613 g/mol. The molecule has 0 radical (unpaired) electrons. The first-order valence-electron chi connectivity index (χ1n) is 13.2. The van der Waals surface area contributed by atoms with Crippen molar-refractivity contribution < 1.29 is 43.2 Å². The third-order valence-corrected chi connectivity index (χ3v) is 8.29. The van der Waals surface area contributed by atoms with Gasteiger partial charge in [0.1, 0.15) is 30.2 Å². The smallest absolute Gasteiger partial charge is 0.310 e. The molecule has 2 amide bonds. The van der Waals surface area contributed by atoms with Gasteiger partial charge in [0.25, 0.3) is 11.8 Å². The van der Waals surface area contributed by atoms with Crippen LogP contribution in [0.15, 0.2) is 71.9 Å². The van der Waals surface area contributed by atoms with Crippen LogP contribution < -0.4 is 19.7 Å². The molecule has 1 saturated heterocycles. The van der Waals surface area contributed by atoms with Crippen molar-refractivity contribution in [3.63, 3.8) is 0 Å². The van der Waals surface area contributed by atoms with Crippen LogP contribution in [0, 0.1) is 11.5 Å². The van der Waals surface area contributed by atoms with Gasteiger partial charge in [0.15, 0.2) is 17.7 Å². The number of nitriles is 1. The maximum Gasteiger partial charge on any atom is 0.310 e. The Labute approximate surface area is 248 Å². The van der Waals surface area contributed by atoms with E-state index >= 15 is 0 Å². The molecule has 1 aromatic heterocycles. The van der Waals surface area contributed by atoms with Gasteiger partial charge >= 0.3 is 10.2 Å². The Balaban J connectivity index is 1.60. The number of carbonyl (C=O) groups excluding carboxylic acids is 2. The molecule has 2 aliphatic rings. The predicted molar refractivity (Wildman–Crippen MR) is 150 cm³/mol. The van der Waals surface area contributed by atoms with Crippen LogP contribution in [0.3, 0.4) is 0 Å². The van der Waals surface area contributed by atoms with E-state index in [0.717, 1.165) is 9.80 Å². The number of benzene rings is 2. The zero-order valence-electron chi connectivity index (χ0n) is 23.0. The fourth-order valence-electron chi connectivity index (χ4n) is 5.03. The predicted octanol–water partition coefficient (Wildman–Crippen LogP) is 5.79. The molecule has 0 bridgehead atoms. The largest absolute Gasteiger partial charge is 0.486 e. The average Bonchev–Trinajstić information content (AvgIpc) is 3.42. The zero-order valence-corrected chi connectivity index (χ0v) is 23.9. The lowest BCUT2D eigenvalue weighted by molar-refractivity contribution is -0.126. The van der Waals surface area contributed by atoms with E-state index in [9.17, 15) is 34.3 Å². The highest BCUT2D eigenvalue weighted by atomic mass is 32.5. The normalized spacial score (nSPS) is 20.1. The van der Waals surface area contributed by atoms with Crippen molar-refractivity contribution in [1.29, 1.82) is 5.26 Å². The second kappa shape index (κ2) is 10.8. The summed E-state index contributed by atoms with van der Waals surface area (Å²) in [6.45, 7) is 0.658. The van der Waals surface area contributed by atoms with Crippen molar-refractivity contribution in [3.05, 3.63) is 72.6 Å². The highest BCUT2D eigenvalue weighted by Crippen LogP contribution is 3.02. The summed E-state index contributed by atoms with van der Waals surface area (Å²) in [5.74, 6) is -0.862. The van der Waals surface area contributed by atoms with Gasteiger partial charge in [-0.15, -0.1) is 0 Å². The van der Waals surface area contributed by atoms with E-state index in [1.807, 2.05) is 6.19 Å². The summed E-state index contributed by atoms with van der Waals surface area (Å²) in [6.07, 6.45) is 4.08. The standard InChI is InChI=1S/C28H26F5N5O5S/c1-41-21-14-23(37(16-21)17-34)28(40)38(20-5-7-22(8-6-20)44(29,30,31,32)33)26(18-3-2-10-35-15-18)27(39)36-19-4-9-24-25(13-19)43-12-11-42-24/h2-10,13,15,21,23,26H,11-12,14,16H2,1H3,(H,36,39)/t21-,23-,26?/m1/s1. The lowest BCUT2D eigenvalue weighted by Gasteiger charge is -2.41. The van der Waals surface area contributed by atoms with Crippen LogP contribution in [-0.2, 0) is 14.3 Å². The van der Waals surface area contributed by atoms with E-state index in [4.69, 9.17) is 14.2 Å². The number of fused-ring (bicyclic) bond motifs is 1. The zero-order chi connectivity index (χ0) is 31.8. The van der Waals surface area contributed by atoms with Gasteiger partial charge in [-0.05, 0) is 42.5 Å². The first kappa shape index (κ1) is 30.8. The minimum Gasteiger partial charge on any atom is -0.486 e. The number of hydrogen-bond acceptors (Lipinski definition) is 8. The van der Waals surface area contributed by atoms with E-state index in [1.165, 1.54) is 43.8 Å². The average molecular weight is 640 g/mol. The monoisotopic (exact) mass is 639 g/mol. The van der Waals surface area contributed by atoms with Crippen LogP contribution in [0.4, 0.5) is 30.8 Å². The molecule has 1 fully saturated rings. The number of nitrogens with one attached hydrogen (secondary N) is 1. The molecule has 0 aliphatic carbocycles. The molecule has 2 aromatic carbocycles. The van der Waals surface area contributed by atoms with Gasteiger partial charge in [-0.3, -0.25) is 24.4 Å². The minimum absolute atomic E-state index is 0.0203. The summed E-state index contributed by atoms with van der Waals surface area (Å²) in [4.78, 5) is 32.1. The maximum atomic E-state index is 14.2. The molecule has 3 atom stereocenters. The molecule has 234 valence electrons. The highest BCUT2D eigenvalue weighted by Gasteiger charge is 2.65. The number of halogens is 5. The van der Waals surface area contributed by atoms with E-state index in [2.05, 4.69) is 10.3 Å². The fourth-order valence-corrected chi connectivity index (χ4v) is 5.68. The van der Waals surface area contributed by atoms with Crippen molar-refractivity contribution in [2.75, 3.05) is 37.1 Å². The number of aromatic nitrogens is 1.